The van der Waals surface area contributed by atoms with Crippen LogP contribution in [0.25, 0.3) is 0 Å². The van der Waals surface area contributed by atoms with Crippen molar-refractivity contribution < 1.29 is 9.53 Å². The fourth-order valence-electron chi connectivity index (χ4n) is 2.33. The zero-order valence-electron chi connectivity index (χ0n) is 10.4. The van der Waals surface area contributed by atoms with Gasteiger partial charge in [0.1, 0.15) is 0 Å². The molecule has 2 nitrogen and oxygen atoms in total. The molecule has 1 aromatic rings. The summed E-state index contributed by atoms with van der Waals surface area (Å²) in [6.07, 6.45) is 4.82. The highest BCUT2D eigenvalue weighted by Gasteiger charge is 2.25. The lowest BCUT2D eigenvalue weighted by molar-refractivity contribution is -0.149. The first-order valence-corrected chi connectivity index (χ1v) is 6.54. The van der Waals surface area contributed by atoms with Gasteiger partial charge in [0.2, 0.25) is 0 Å². The maximum absolute atomic E-state index is 11.9. The van der Waals surface area contributed by atoms with E-state index in [9.17, 15) is 4.79 Å². The van der Waals surface area contributed by atoms with Crippen molar-refractivity contribution in [3.05, 3.63) is 35.4 Å². The Morgan fingerprint density at radius 1 is 1.35 bits per heavy atom. The van der Waals surface area contributed by atoms with Gasteiger partial charge in [-0.1, -0.05) is 37.6 Å². The molecule has 1 aliphatic carbocycles. The summed E-state index contributed by atoms with van der Waals surface area (Å²) in [5, 5.41) is 0. The lowest BCUT2D eigenvalue weighted by atomic mass is 9.84. The predicted molar refractivity (Wildman–Crippen MR) is 67.8 cm³/mol. The number of carbonyl (C=O) groups excluding carboxylic acids is 1. The van der Waals surface area contributed by atoms with E-state index in [1.54, 1.807) is 0 Å². The van der Waals surface area contributed by atoms with Gasteiger partial charge in [0.05, 0.1) is 12.5 Å². The molecule has 0 saturated carbocycles. The number of hydrogen-bond donors (Lipinski definition) is 0. The minimum absolute atomic E-state index is 0.00652. The van der Waals surface area contributed by atoms with Crippen LogP contribution in [0.4, 0.5) is 0 Å². The van der Waals surface area contributed by atoms with Gasteiger partial charge in [-0.2, -0.15) is 0 Å². The molecule has 0 radical (unpaired) electrons. The molecule has 1 aromatic carbocycles. The topological polar surface area (TPSA) is 26.3 Å². The molecule has 2 rings (SSSR count). The normalized spacial score (nSPS) is 18.5. The third-order valence-corrected chi connectivity index (χ3v) is 3.42. The van der Waals surface area contributed by atoms with Gasteiger partial charge in [-0.05, 0) is 36.8 Å². The second-order valence-electron chi connectivity index (χ2n) is 4.73. The highest BCUT2D eigenvalue weighted by atomic mass is 16.5. The molecule has 2 heteroatoms. The molecule has 1 unspecified atom stereocenters. The van der Waals surface area contributed by atoms with E-state index >= 15 is 0 Å². The number of rotatable bonds is 4. The van der Waals surface area contributed by atoms with Crippen LogP contribution in [0.5, 0.6) is 0 Å². The van der Waals surface area contributed by atoms with Crippen molar-refractivity contribution in [1.29, 1.82) is 0 Å². The Labute approximate surface area is 103 Å². The van der Waals surface area contributed by atoms with Crippen molar-refractivity contribution in [3.8, 4) is 0 Å². The van der Waals surface area contributed by atoms with Gasteiger partial charge in [-0.25, -0.2) is 0 Å². The van der Waals surface area contributed by atoms with Crippen molar-refractivity contribution in [1.82, 2.24) is 0 Å². The number of fused-ring (bicyclic) bond motifs is 1. The van der Waals surface area contributed by atoms with E-state index in [2.05, 4.69) is 25.1 Å². The van der Waals surface area contributed by atoms with Gasteiger partial charge in [0, 0.05) is 0 Å². The first kappa shape index (κ1) is 12.2. The van der Waals surface area contributed by atoms with Gasteiger partial charge in [0.15, 0.2) is 0 Å². The van der Waals surface area contributed by atoms with Crippen LogP contribution < -0.4 is 0 Å². The molecule has 0 aliphatic heterocycles. The van der Waals surface area contributed by atoms with E-state index in [1.807, 2.05) is 6.07 Å². The number of ether oxygens (including phenoxy) is 1. The van der Waals surface area contributed by atoms with Crippen molar-refractivity contribution in [2.75, 3.05) is 6.61 Å². The SMILES string of the molecule is CCCCOC(=O)C1CCc2ccccc2C1. The Bertz CT molecular complexity index is 384. The third kappa shape index (κ3) is 3.09. The summed E-state index contributed by atoms with van der Waals surface area (Å²) >= 11 is 0. The largest absolute Gasteiger partial charge is 0.465 e. The Morgan fingerprint density at radius 3 is 2.88 bits per heavy atom. The monoisotopic (exact) mass is 232 g/mol. The molecule has 0 spiro atoms. The average molecular weight is 232 g/mol. The summed E-state index contributed by atoms with van der Waals surface area (Å²) in [7, 11) is 0. The molecular formula is C15H20O2. The third-order valence-electron chi connectivity index (χ3n) is 3.42. The molecule has 1 atom stereocenters. The fraction of sp³-hybridized carbons (Fsp3) is 0.533. The van der Waals surface area contributed by atoms with E-state index < -0.39 is 0 Å². The highest BCUT2D eigenvalue weighted by Crippen LogP contribution is 2.26. The maximum atomic E-state index is 11.9. The number of hydrogen-bond acceptors (Lipinski definition) is 2. The van der Waals surface area contributed by atoms with Crippen LogP contribution in [0.3, 0.4) is 0 Å². The van der Waals surface area contributed by atoms with Crippen molar-refractivity contribution in [2.24, 2.45) is 5.92 Å². The molecule has 0 saturated heterocycles. The summed E-state index contributed by atoms with van der Waals surface area (Å²) in [5.74, 6) is 0.0645. The summed E-state index contributed by atoms with van der Waals surface area (Å²) in [6.45, 7) is 2.68. The second-order valence-corrected chi connectivity index (χ2v) is 4.73. The van der Waals surface area contributed by atoms with Gasteiger partial charge in [-0.3, -0.25) is 4.79 Å². The highest BCUT2D eigenvalue weighted by molar-refractivity contribution is 5.73. The number of carbonyl (C=O) groups is 1. The lowest BCUT2D eigenvalue weighted by Crippen LogP contribution is -2.24. The molecule has 0 aromatic heterocycles. The number of unbranched alkanes of at least 4 members (excludes halogenated alkanes) is 1. The van der Waals surface area contributed by atoms with Gasteiger partial charge < -0.3 is 4.74 Å². The molecule has 1 aliphatic rings. The standard InChI is InChI=1S/C15H20O2/c1-2-3-10-17-15(16)14-9-8-12-6-4-5-7-13(12)11-14/h4-7,14H,2-3,8-11H2,1H3. The van der Waals surface area contributed by atoms with Gasteiger partial charge in [-0.15, -0.1) is 0 Å². The van der Waals surface area contributed by atoms with Crippen LogP contribution in [-0.2, 0) is 22.4 Å². The molecule has 0 N–H and O–H groups in total. The summed E-state index contributed by atoms with van der Waals surface area (Å²) in [4.78, 5) is 11.9. The zero-order valence-corrected chi connectivity index (χ0v) is 10.4. The minimum Gasteiger partial charge on any atom is -0.465 e. The van der Waals surface area contributed by atoms with Crippen molar-refractivity contribution >= 4 is 5.97 Å². The van der Waals surface area contributed by atoms with Gasteiger partial charge >= 0.3 is 5.97 Å². The quantitative estimate of drug-likeness (QED) is 0.589. The summed E-state index contributed by atoms with van der Waals surface area (Å²) < 4.78 is 5.30. The Morgan fingerprint density at radius 2 is 2.12 bits per heavy atom. The molecule has 0 amide bonds. The lowest BCUT2D eigenvalue weighted by Gasteiger charge is -2.23. The second kappa shape index (κ2) is 5.85. The number of aryl methyl sites for hydroxylation is 1. The molecule has 0 fully saturated rings. The van der Waals surface area contributed by atoms with E-state index in [1.165, 1.54) is 11.1 Å². The van der Waals surface area contributed by atoms with Crippen LogP contribution in [0, 0.1) is 5.92 Å². The molecule has 0 bridgehead atoms. The van der Waals surface area contributed by atoms with E-state index in [0.29, 0.717) is 6.61 Å². The molecule has 0 heterocycles. The van der Waals surface area contributed by atoms with Crippen molar-refractivity contribution in [2.45, 2.75) is 39.0 Å². The van der Waals surface area contributed by atoms with E-state index in [0.717, 1.165) is 32.1 Å². The Balaban J connectivity index is 1.91. The van der Waals surface area contributed by atoms with Gasteiger partial charge in [0.25, 0.3) is 0 Å². The van der Waals surface area contributed by atoms with Crippen LogP contribution in [-0.4, -0.2) is 12.6 Å². The Hall–Kier alpha value is -1.31. The fourth-order valence-corrected chi connectivity index (χ4v) is 2.33. The molecular weight excluding hydrogens is 212 g/mol. The zero-order chi connectivity index (χ0) is 12.1. The van der Waals surface area contributed by atoms with Crippen LogP contribution in [0.1, 0.15) is 37.3 Å². The molecule has 92 valence electrons. The van der Waals surface area contributed by atoms with E-state index in [4.69, 9.17) is 4.74 Å². The Kier molecular flexibility index (Phi) is 4.18. The predicted octanol–water partition coefficient (Wildman–Crippen LogP) is 3.13. The van der Waals surface area contributed by atoms with Crippen LogP contribution >= 0.6 is 0 Å². The summed E-state index contributed by atoms with van der Waals surface area (Å²) in [5.41, 5.74) is 2.71. The van der Waals surface area contributed by atoms with Crippen LogP contribution in [0.2, 0.25) is 0 Å². The summed E-state index contributed by atoms with van der Waals surface area (Å²) in [6, 6.07) is 8.40. The van der Waals surface area contributed by atoms with E-state index in [-0.39, 0.29) is 11.9 Å². The maximum Gasteiger partial charge on any atom is 0.309 e. The molecule has 17 heavy (non-hydrogen) atoms. The van der Waals surface area contributed by atoms with Crippen molar-refractivity contribution in [3.63, 3.8) is 0 Å². The average Bonchev–Trinajstić information content (AvgIpc) is 2.38. The minimum atomic E-state index is -0.00652. The smallest absolute Gasteiger partial charge is 0.309 e. The first-order valence-electron chi connectivity index (χ1n) is 6.54. The number of esters is 1. The number of benzene rings is 1. The van der Waals surface area contributed by atoms with Crippen LogP contribution in [0.15, 0.2) is 24.3 Å². The first-order chi connectivity index (χ1) is 8.31.